The Bertz CT molecular complexity index is 521. The van der Waals surface area contributed by atoms with E-state index in [4.69, 9.17) is 5.73 Å². The van der Waals surface area contributed by atoms with Gasteiger partial charge in [-0.3, -0.25) is 0 Å². The van der Waals surface area contributed by atoms with Crippen LogP contribution in [0, 0.1) is 0 Å². The Balaban J connectivity index is 0.00000289. The van der Waals surface area contributed by atoms with E-state index in [0.29, 0.717) is 4.47 Å². The number of sulfonamides is 1. The van der Waals surface area contributed by atoms with Crippen LogP contribution >= 0.6 is 44.3 Å². The predicted octanol–water partition coefficient (Wildman–Crippen LogP) is 2.65. The third kappa shape index (κ3) is 4.79. The molecular formula is C10H15Br2ClN2O2S. The Morgan fingerprint density at radius 3 is 2.33 bits per heavy atom. The quantitative estimate of drug-likeness (QED) is 0.784. The van der Waals surface area contributed by atoms with Crippen LogP contribution in [0.25, 0.3) is 0 Å². The van der Waals surface area contributed by atoms with Gasteiger partial charge in [-0.2, -0.15) is 0 Å². The van der Waals surface area contributed by atoms with Gasteiger partial charge in [-0.15, -0.1) is 12.4 Å². The van der Waals surface area contributed by atoms with Gasteiger partial charge < -0.3 is 5.73 Å². The summed E-state index contributed by atoms with van der Waals surface area (Å²) < 4.78 is 28.1. The van der Waals surface area contributed by atoms with Gasteiger partial charge in [0.05, 0.1) is 4.90 Å². The second kappa shape index (κ2) is 6.67. The molecule has 104 valence electrons. The van der Waals surface area contributed by atoms with Gasteiger partial charge in [0.15, 0.2) is 0 Å². The third-order valence-electron chi connectivity index (χ3n) is 2.10. The maximum atomic E-state index is 12.1. The first kappa shape index (κ1) is 18.3. The normalized spacial score (nSPS) is 12.1. The predicted molar refractivity (Wildman–Crippen MR) is 82.5 cm³/mol. The molecule has 0 aliphatic carbocycles. The van der Waals surface area contributed by atoms with E-state index in [-0.39, 0.29) is 23.8 Å². The number of benzene rings is 1. The number of rotatable bonds is 4. The number of nitrogens with one attached hydrogen (secondary N) is 1. The average Bonchev–Trinajstić information content (AvgIpc) is 2.15. The Labute approximate surface area is 130 Å². The van der Waals surface area contributed by atoms with Crippen molar-refractivity contribution in [1.29, 1.82) is 0 Å². The van der Waals surface area contributed by atoms with Gasteiger partial charge in [0.1, 0.15) is 0 Å². The van der Waals surface area contributed by atoms with Gasteiger partial charge in [0.25, 0.3) is 0 Å². The molecule has 0 saturated heterocycles. The molecule has 0 aliphatic heterocycles. The molecule has 0 fully saturated rings. The molecule has 0 aliphatic rings. The van der Waals surface area contributed by atoms with E-state index in [1.54, 1.807) is 26.0 Å². The maximum absolute atomic E-state index is 12.1. The van der Waals surface area contributed by atoms with Crippen molar-refractivity contribution in [1.82, 2.24) is 4.72 Å². The Kier molecular flexibility index (Phi) is 6.80. The van der Waals surface area contributed by atoms with Crippen LogP contribution in [-0.2, 0) is 10.0 Å². The van der Waals surface area contributed by atoms with Crippen LogP contribution in [0.3, 0.4) is 0 Å². The fraction of sp³-hybridized carbons (Fsp3) is 0.400. The molecule has 1 aromatic carbocycles. The summed E-state index contributed by atoms with van der Waals surface area (Å²) in [5.41, 5.74) is 4.83. The molecule has 0 spiro atoms. The van der Waals surface area contributed by atoms with E-state index in [1.165, 1.54) is 6.07 Å². The Morgan fingerprint density at radius 1 is 1.33 bits per heavy atom. The highest BCUT2D eigenvalue weighted by atomic mass is 79.9. The van der Waals surface area contributed by atoms with E-state index < -0.39 is 15.6 Å². The first-order chi connectivity index (χ1) is 7.68. The Hall–Kier alpha value is 0.340. The second-order valence-corrected chi connectivity index (χ2v) is 7.69. The molecule has 1 aromatic rings. The van der Waals surface area contributed by atoms with Gasteiger partial charge in [-0.25, -0.2) is 13.1 Å². The van der Waals surface area contributed by atoms with Crippen molar-refractivity contribution < 1.29 is 8.42 Å². The van der Waals surface area contributed by atoms with E-state index in [1.807, 2.05) is 0 Å². The van der Waals surface area contributed by atoms with E-state index in [2.05, 4.69) is 36.6 Å². The van der Waals surface area contributed by atoms with Crippen LogP contribution in [0.15, 0.2) is 32.0 Å². The van der Waals surface area contributed by atoms with Gasteiger partial charge >= 0.3 is 0 Å². The van der Waals surface area contributed by atoms with Crippen molar-refractivity contribution in [2.45, 2.75) is 24.3 Å². The zero-order valence-electron chi connectivity index (χ0n) is 9.91. The Morgan fingerprint density at radius 2 is 1.89 bits per heavy atom. The summed E-state index contributed by atoms with van der Waals surface area (Å²) in [7, 11) is -3.58. The molecule has 0 aromatic heterocycles. The lowest BCUT2D eigenvalue weighted by atomic mass is 10.1. The minimum Gasteiger partial charge on any atom is -0.329 e. The van der Waals surface area contributed by atoms with Crippen LogP contribution in [0.1, 0.15) is 13.8 Å². The molecular weight excluding hydrogens is 407 g/mol. The van der Waals surface area contributed by atoms with Crippen molar-refractivity contribution in [2.24, 2.45) is 5.73 Å². The smallest absolute Gasteiger partial charge is 0.242 e. The molecule has 0 amide bonds. The first-order valence-electron chi connectivity index (χ1n) is 4.87. The average molecular weight is 423 g/mol. The van der Waals surface area contributed by atoms with Crippen LogP contribution < -0.4 is 10.5 Å². The molecule has 0 radical (unpaired) electrons. The third-order valence-corrected chi connectivity index (χ3v) is 5.27. The molecule has 0 saturated carbocycles. The minimum absolute atomic E-state index is 0. The van der Waals surface area contributed by atoms with Crippen molar-refractivity contribution in [3.05, 3.63) is 27.1 Å². The fourth-order valence-electron chi connectivity index (χ4n) is 1.15. The van der Waals surface area contributed by atoms with Crippen molar-refractivity contribution in [2.75, 3.05) is 6.54 Å². The SMILES string of the molecule is CC(C)(CN)NS(=O)(=O)c1ccc(Br)cc1Br.Cl. The number of hydrogen-bond donors (Lipinski definition) is 2. The van der Waals surface area contributed by atoms with Crippen molar-refractivity contribution >= 4 is 54.3 Å². The van der Waals surface area contributed by atoms with Crippen LogP contribution in [0.5, 0.6) is 0 Å². The highest BCUT2D eigenvalue weighted by molar-refractivity contribution is 9.11. The van der Waals surface area contributed by atoms with Crippen molar-refractivity contribution in [3.63, 3.8) is 0 Å². The standard InChI is InChI=1S/C10H14Br2N2O2S.ClH/c1-10(2,6-13)14-17(15,16)9-4-3-7(11)5-8(9)12;/h3-5,14H,6,13H2,1-2H3;1H. The summed E-state index contributed by atoms with van der Waals surface area (Å²) in [6.07, 6.45) is 0. The van der Waals surface area contributed by atoms with Gasteiger partial charge in [0, 0.05) is 21.0 Å². The molecule has 0 atom stereocenters. The number of nitrogens with two attached hydrogens (primary N) is 1. The zero-order valence-corrected chi connectivity index (χ0v) is 14.7. The van der Waals surface area contributed by atoms with Crippen molar-refractivity contribution in [3.8, 4) is 0 Å². The zero-order chi connectivity index (χ0) is 13.3. The highest BCUT2D eigenvalue weighted by Crippen LogP contribution is 2.26. The molecule has 8 heteroatoms. The summed E-state index contributed by atoms with van der Waals surface area (Å²) in [5, 5.41) is 0. The lowest BCUT2D eigenvalue weighted by molar-refractivity contribution is 0.462. The molecule has 3 N–H and O–H groups in total. The molecule has 0 heterocycles. The van der Waals surface area contributed by atoms with Crippen LogP contribution in [0.2, 0.25) is 0 Å². The molecule has 0 bridgehead atoms. The summed E-state index contributed by atoms with van der Waals surface area (Å²) in [6.45, 7) is 3.69. The molecule has 0 unspecified atom stereocenters. The summed E-state index contributed by atoms with van der Waals surface area (Å²) in [4.78, 5) is 0.197. The van der Waals surface area contributed by atoms with Gasteiger partial charge in [-0.05, 0) is 48.0 Å². The molecule has 18 heavy (non-hydrogen) atoms. The lowest BCUT2D eigenvalue weighted by Crippen LogP contribution is -2.48. The molecule has 1 rings (SSSR count). The summed E-state index contributed by atoms with van der Waals surface area (Å²) in [6, 6.07) is 4.89. The minimum atomic E-state index is -3.58. The van der Waals surface area contributed by atoms with E-state index in [0.717, 1.165) is 4.47 Å². The highest BCUT2D eigenvalue weighted by Gasteiger charge is 2.26. The molecule has 4 nitrogen and oxygen atoms in total. The first-order valence-corrected chi connectivity index (χ1v) is 7.94. The van der Waals surface area contributed by atoms with Gasteiger partial charge in [-0.1, -0.05) is 15.9 Å². The van der Waals surface area contributed by atoms with E-state index in [9.17, 15) is 8.42 Å². The lowest BCUT2D eigenvalue weighted by Gasteiger charge is -2.24. The van der Waals surface area contributed by atoms with Gasteiger partial charge in [0.2, 0.25) is 10.0 Å². The fourth-order valence-corrected chi connectivity index (χ4v) is 4.32. The van der Waals surface area contributed by atoms with Crippen LogP contribution in [0.4, 0.5) is 0 Å². The monoisotopic (exact) mass is 420 g/mol. The van der Waals surface area contributed by atoms with Crippen LogP contribution in [-0.4, -0.2) is 20.5 Å². The number of hydrogen-bond acceptors (Lipinski definition) is 3. The topological polar surface area (TPSA) is 72.2 Å². The van der Waals surface area contributed by atoms with E-state index >= 15 is 0 Å². The summed E-state index contributed by atoms with van der Waals surface area (Å²) in [5.74, 6) is 0. The largest absolute Gasteiger partial charge is 0.329 e. The number of halogens is 3. The maximum Gasteiger partial charge on any atom is 0.242 e. The second-order valence-electron chi connectivity index (χ2n) is 4.27. The summed E-state index contributed by atoms with van der Waals surface area (Å²) >= 11 is 6.50.